The number of aromatic nitrogens is 2. The molecular formula is C12H22N6O. The van der Waals surface area contributed by atoms with Gasteiger partial charge in [-0.1, -0.05) is 25.7 Å². The Bertz CT molecular complexity index is 417. The van der Waals surface area contributed by atoms with Crippen LogP contribution in [-0.4, -0.2) is 27.2 Å². The summed E-state index contributed by atoms with van der Waals surface area (Å²) in [4.78, 5) is 7.98. The van der Waals surface area contributed by atoms with Gasteiger partial charge in [0, 0.05) is 12.6 Å². The van der Waals surface area contributed by atoms with E-state index in [2.05, 4.69) is 20.7 Å². The van der Waals surface area contributed by atoms with Crippen LogP contribution in [0.3, 0.4) is 0 Å². The molecule has 0 saturated heterocycles. The first-order chi connectivity index (χ1) is 9.11. The van der Waals surface area contributed by atoms with Crippen LogP contribution >= 0.6 is 0 Å². The molecule has 0 spiro atoms. The van der Waals surface area contributed by atoms with Crippen LogP contribution in [0.15, 0.2) is 6.07 Å². The molecule has 1 aliphatic carbocycles. The van der Waals surface area contributed by atoms with E-state index in [-0.39, 0.29) is 5.95 Å². The molecule has 1 saturated carbocycles. The minimum atomic E-state index is -0.660. The van der Waals surface area contributed by atoms with Gasteiger partial charge < -0.3 is 21.6 Å². The lowest BCUT2D eigenvalue weighted by molar-refractivity contribution is 0.0380. The van der Waals surface area contributed by atoms with Gasteiger partial charge in [-0.2, -0.15) is 9.97 Å². The molecule has 1 aromatic heterocycles. The number of nitrogens with two attached hydrogens (primary N) is 2. The number of aliphatic hydroxyl groups is 1. The highest BCUT2D eigenvalue weighted by Gasteiger charge is 2.27. The lowest BCUT2D eigenvalue weighted by atomic mass is 9.94. The topological polar surface area (TPSA) is 122 Å². The van der Waals surface area contributed by atoms with E-state index < -0.39 is 5.60 Å². The monoisotopic (exact) mass is 266 g/mol. The van der Waals surface area contributed by atoms with Gasteiger partial charge in [0.2, 0.25) is 5.95 Å². The fourth-order valence-electron chi connectivity index (χ4n) is 2.45. The Balaban J connectivity index is 1.99. The maximum Gasteiger partial charge on any atom is 0.223 e. The van der Waals surface area contributed by atoms with Crippen LogP contribution in [0.5, 0.6) is 0 Å². The summed E-state index contributed by atoms with van der Waals surface area (Å²) in [5, 5.41) is 13.7. The molecule has 0 radical (unpaired) electrons. The van der Waals surface area contributed by atoms with E-state index in [4.69, 9.17) is 11.6 Å². The number of anilines is 3. The smallest absolute Gasteiger partial charge is 0.223 e. The number of hydrogen-bond donors (Lipinski definition) is 5. The van der Waals surface area contributed by atoms with E-state index in [0.717, 1.165) is 25.7 Å². The first-order valence-electron chi connectivity index (χ1n) is 6.69. The first-order valence-corrected chi connectivity index (χ1v) is 6.69. The van der Waals surface area contributed by atoms with E-state index in [1.807, 2.05) is 0 Å². The van der Waals surface area contributed by atoms with Crippen molar-refractivity contribution in [1.82, 2.24) is 9.97 Å². The molecule has 0 aliphatic heterocycles. The predicted molar refractivity (Wildman–Crippen MR) is 75.4 cm³/mol. The molecule has 2 rings (SSSR count). The lowest BCUT2D eigenvalue weighted by Gasteiger charge is -2.27. The molecule has 0 atom stereocenters. The van der Waals surface area contributed by atoms with Crippen molar-refractivity contribution in [1.29, 1.82) is 0 Å². The van der Waals surface area contributed by atoms with Crippen molar-refractivity contribution >= 4 is 17.6 Å². The fourth-order valence-corrected chi connectivity index (χ4v) is 2.45. The van der Waals surface area contributed by atoms with E-state index in [9.17, 15) is 5.11 Å². The minimum Gasteiger partial charge on any atom is -0.388 e. The van der Waals surface area contributed by atoms with Gasteiger partial charge in [-0.15, -0.1) is 0 Å². The highest BCUT2D eigenvalue weighted by molar-refractivity contribution is 5.50. The Morgan fingerprint density at radius 3 is 2.42 bits per heavy atom. The Labute approximate surface area is 112 Å². The van der Waals surface area contributed by atoms with Gasteiger partial charge in [0.05, 0.1) is 5.60 Å². The molecule has 1 aromatic rings. The zero-order valence-corrected chi connectivity index (χ0v) is 11.0. The van der Waals surface area contributed by atoms with E-state index in [1.165, 1.54) is 12.8 Å². The number of nitrogen functional groups attached to an aromatic ring is 2. The second-order valence-electron chi connectivity index (χ2n) is 5.13. The van der Waals surface area contributed by atoms with Gasteiger partial charge in [-0.05, 0) is 12.8 Å². The van der Waals surface area contributed by atoms with Crippen molar-refractivity contribution in [3.63, 3.8) is 0 Å². The lowest BCUT2D eigenvalue weighted by Crippen LogP contribution is -2.36. The number of rotatable bonds is 4. The Hall–Kier alpha value is -1.60. The summed E-state index contributed by atoms with van der Waals surface area (Å²) in [5.41, 5.74) is 7.35. The summed E-state index contributed by atoms with van der Waals surface area (Å²) in [7, 11) is 0. The molecule has 0 amide bonds. The van der Waals surface area contributed by atoms with E-state index in [0.29, 0.717) is 18.2 Å². The van der Waals surface area contributed by atoms with Crippen LogP contribution < -0.4 is 22.3 Å². The van der Waals surface area contributed by atoms with Gasteiger partial charge >= 0.3 is 0 Å². The maximum absolute atomic E-state index is 10.5. The quantitative estimate of drug-likeness (QED) is 0.311. The fraction of sp³-hybridized carbons (Fsp3) is 0.667. The third kappa shape index (κ3) is 3.93. The number of nitrogens with one attached hydrogen (secondary N) is 2. The molecule has 1 fully saturated rings. The van der Waals surface area contributed by atoms with Gasteiger partial charge in [0.25, 0.3) is 0 Å². The van der Waals surface area contributed by atoms with Crippen molar-refractivity contribution in [2.75, 3.05) is 23.0 Å². The molecular weight excluding hydrogens is 244 g/mol. The van der Waals surface area contributed by atoms with Gasteiger partial charge in [0.1, 0.15) is 11.6 Å². The summed E-state index contributed by atoms with van der Waals surface area (Å²) in [6.45, 7) is 0.466. The van der Waals surface area contributed by atoms with Gasteiger partial charge in [-0.25, -0.2) is 5.84 Å². The van der Waals surface area contributed by atoms with E-state index in [1.54, 1.807) is 6.07 Å². The zero-order chi connectivity index (χ0) is 13.7. The zero-order valence-electron chi connectivity index (χ0n) is 11.0. The third-order valence-electron chi connectivity index (χ3n) is 3.52. The molecule has 7 N–H and O–H groups in total. The highest BCUT2D eigenvalue weighted by Crippen LogP contribution is 2.27. The molecule has 0 aromatic carbocycles. The molecule has 106 valence electrons. The minimum absolute atomic E-state index is 0.144. The number of hydrazine groups is 1. The summed E-state index contributed by atoms with van der Waals surface area (Å²) in [6, 6.07) is 1.66. The molecule has 1 heterocycles. The Morgan fingerprint density at radius 2 is 1.79 bits per heavy atom. The van der Waals surface area contributed by atoms with Crippen LogP contribution in [-0.2, 0) is 0 Å². The average molecular weight is 266 g/mol. The van der Waals surface area contributed by atoms with Crippen LogP contribution in [0.1, 0.15) is 38.5 Å². The summed E-state index contributed by atoms with van der Waals surface area (Å²) in [5.74, 6) is 6.46. The van der Waals surface area contributed by atoms with Crippen LogP contribution in [0.4, 0.5) is 17.6 Å². The van der Waals surface area contributed by atoms with Crippen LogP contribution in [0.25, 0.3) is 0 Å². The van der Waals surface area contributed by atoms with Crippen molar-refractivity contribution in [3.05, 3.63) is 6.07 Å². The predicted octanol–water partition coefficient (Wildman–Crippen LogP) is 0.842. The number of nitrogens with zero attached hydrogens (tertiary/aromatic N) is 2. The molecule has 7 nitrogen and oxygen atoms in total. The van der Waals surface area contributed by atoms with Crippen molar-refractivity contribution < 1.29 is 5.11 Å². The standard InChI is InChI=1S/C12H22N6O/c13-11-16-9(7-10(17-11)18-14)15-8-12(19)5-3-1-2-4-6-12/h7,19H,1-6,8,14H2,(H4,13,15,16,17,18). The first kappa shape index (κ1) is 13.8. The molecule has 7 heteroatoms. The molecule has 19 heavy (non-hydrogen) atoms. The Morgan fingerprint density at radius 1 is 1.16 bits per heavy atom. The average Bonchev–Trinajstić information content (AvgIpc) is 2.61. The Kier molecular flexibility index (Phi) is 4.39. The van der Waals surface area contributed by atoms with Crippen molar-refractivity contribution in [2.45, 2.75) is 44.1 Å². The van der Waals surface area contributed by atoms with Crippen molar-refractivity contribution in [3.8, 4) is 0 Å². The van der Waals surface area contributed by atoms with Gasteiger partial charge in [0.15, 0.2) is 0 Å². The van der Waals surface area contributed by atoms with Crippen LogP contribution in [0.2, 0.25) is 0 Å². The number of hydrogen-bond acceptors (Lipinski definition) is 7. The highest BCUT2D eigenvalue weighted by atomic mass is 16.3. The molecule has 1 aliphatic rings. The normalized spacial score (nSPS) is 18.6. The second kappa shape index (κ2) is 6.03. The largest absolute Gasteiger partial charge is 0.388 e. The summed E-state index contributed by atoms with van der Waals surface area (Å²) < 4.78 is 0. The molecule has 0 bridgehead atoms. The molecule has 0 unspecified atom stereocenters. The van der Waals surface area contributed by atoms with Crippen LogP contribution in [0, 0.1) is 0 Å². The van der Waals surface area contributed by atoms with Crippen molar-refractivity contribution in [2.24, 2.45) is 5.84 Å². The van der Waals surface area contributed by atoms with Gasteiger partial charge in [-0.3, -0.25) is 0 Å². The third-order valence-corrected chi connectivity index (χ3v) is 3.52. The second-order valence-corrected chi connectivity index (χ2v) is 5.13. The maximum atomic E-state index is 10.5. The SMILES string of the molecule is NNc1cc(NCC2(O)CCCCCC2)nc(N)n1. The summed E-state index contributed by atoms with van der Waals surface area (Å²) >= 11 is 0. The van der Waals surface area contributed by atoms with E-state index >= 15 is 0 Å². The summed E-state index contributed by atoms with van der Waals surface area (Å²) in [6.07, 6.45) is 6.18.